The summed E-state index contributed by atoms with van der Waals surface area (Å²) in [6, 6.07) is 0. The van der Waals surface area contributed by atoms with E-state index in [1.165, 1.54) is 24.3 Å². The van der Waals surface area contributed by atoms with Crippen molar-refractivity contribution in [2.45, 2.75) is 33.1 Å². The van der Waals surface area contributed by atoms with Gasteiger partial charge in [0.15, 0.2) is 5.78 Å². The molecular weight excluding hydrogens is 180 g/mol. The van der Waals surface area contributed by atoms with Gasteiger partial charge in [-0.15, -0.1) is 0 Å². The first-order valence-corrected chi connectivity index (χ1v) is 6.09. The van der Waals surface area contributed by atoms with Crippen molar-refractivity contribution >= 4 is 17.5 Å². The fourth-order valence-corrected chi connectivity index (χ4v) is 2.82. The summed E-state index contributed by atoms with van der Waals surface area (Å²) in [5.74, 6) is 3.46. The van der Waals surface area contributed by atoms with Crippen molar-refractivity contribution in [2.24, 2.45) is 5.92 Å². The van der Waals surface area contributed by atoms with E-state index in [1.807, 2.05) is 25.6 Å². The highest BCUT2D eigenvalue weighted by atomic mass is 32.2. The van der Waals surface area contributed by atoms with Crippen LogP contribution in [0.2, 0.25) is 0 Å². The lowest BCUT2D eigenvalue weighted by atomic mass is 9.96. The Balaban J connectivity index is 2.30. The number of carbonyl (C=O) groups excluding carboxylic acids is 1. The Morgan fingerprint density at radius 2 is 2.00 bits per heavy atom. The van der Waals surface area contributed by atoms with Gasteiger partial charge in [0, 0.05) is 6.42 Å². The quantitative estimate of drug-likeness (QED) is 0.648. The molecule has 0 N–H and O–H groups in total. The number of carbonyl (C=O) groups is 1. The van der Waals surface area contributed by atoms with Crippen LogP contribution in [0.4, 0.5) is 0 Å². The molecule has 0 spiro atoms. The van der Waals surface area contributed by atoms with Crippen molar-refractivity contribution < 1.29 is 4.79 Å². The Bertz CT molecular complexity index is 198. The van der Waals surface area contributed by atoms with Crippen molar-refractivity contribution in [1.29, 1.82) is 0 Å². The first-order valence-electron chi connectivity index (χ1n) is 4.94. The third-order valence-corrected chi connectivity index (χ3v) is 3.33. The summed E-state index contributed by atoms with van der Waals surface area (Å²) >= 11 is 2.01. The summed E-state index contributed by atoms with van der Waals surface area (Å²) in [6.07, 6.45) is 5.01. The van der Waals surface area contributed by atoms with E-state index >= 15 is 0 Å². The van der Waals surface area contributed by atoms with Crippen LogP contribution in [0.3, 0.4) is 0 Å². The summed E-state index contributed by atoms with van der Waals surface area (Å²) in [4.78, 5) is 11.4. The highest BCUT2D eigenvalue weighted by Crippen LogP contribution is 2.25. The molecule has 74 valence electrons. The Kier molecular flexibility index (Phi) is 4.57. The molecule has 0 radical (unpaired) electrons. The standard InChI is InChI=1S/C11H18OS/c1-9(2)7-11(12)8-10-3-5-13-6-4-10/h7,10H,3-6,8H2,1-2H3. The Hall–Kier alpha value is -0.240. The van der Waals surface area contributed by atoms with Gasteiger partial charge in [-0.2, -0.15) is 11.8 Å². The molecule has 1 saturated heterocycles. The molecule has 1 heterocycles. The fourth-order valence-electron chi connectivity index (χ4n) is 1.62. The van der Waals surface area contributed by atoms with Gasteiger partial charge in [-0.05, 0) is 50.2 Å². The van der Waals surface area contributed by atoms with E-state index in [9.17, 15) is 4.79 Å². The van der Waals surface area contributed by atoms with Gasteiger partial charge >= 0.3 is 0 Å². The summed E-state index contributed by atoms with van der Waals surface area (Å²) < 4.78 is 0. The SMILES string of the molecule is CC(C)=CC(=O)CC1CCSCC1. The Morgan fingerprint density at radius 3 is 2.54 bits per heavy atom. The lowest BCUT2D eigenvalue weighted by molar-refractivity contribution is -0.115. The van der Waals surface area contributed by atoms with Crippen LogP contribution in [0, 0.1) is 5.92 Å². The topological polar surface area (TPSA) is 17.1 Å². The number of hydrogen-bond acceptors (Lipinski definition) is 2. The third-order valence-electron chi connectivity index (χ3n) is 2.28. The molecule has 0 saturated carbocycles. The van der Waals surface area contributed by atoms with Crippen molar-refractivity contribution in [3.63, 3.8) is 0 Å². The fraction of sp³-hybridized carbons (Fsp3) is 0.727. The van der Waals surface area contributed by atoms with E-state index in [2.05, 4.69) is 0 Å². The molecule has 0 amide bonds. The number of thioether (sulfide) groups is 1. The van der Waals surface area contributed by atoms with Gasteiger partial charge in [0.05, 0.1) is 0 Å². The summed E-state index contributed by atoms with van der Waals surface area (Å²) in [7, 11) is 0. The first-order chi connectivity index (χ1) is 6.18. The molecule has 0 aliphatic carbocycles. The predicted octanol–water partition coefficient (Wildman–Crippen LogP) is 3.06. The average Bonchev–Trinajstić information content (AvgIpc) is 2.04. The van der Waals surface area contributed by atoms with Crippen molar-refractivity contribution in [2.75, 3.05) is 11.5 Å². The van der Waals surface area contributed by atoms with Crippen molar-refractivity contribution in [3.8, 4) is 0 Å². The lowest BCUT2D eigenvalue weighted by Gasteiger charge is -2.19. The Morgan fingerprint density at radius 1 is 1.38 bits per heavy atom. The lowest BCUT2D eigenvalue weighted by Crippen LogP contribution is -2.13. The van der Waals surface area contributed by atoms with Crippen LogP contribution in [-0.2, 0) is 4.79 Å². The van der Waals surface area contributed by atoms with Crippen LogP contribution in [-0.4, -0.2) is 17.3 Å². The molecule has 0 atom stereocenters. The van der Waals surface area contributed by atoms with Crippen LogP contribution in [0.25, 0.3) is 0 Å². The largest absolute Gasteiger partial charge is 0.295 e. The number of ketones is 1. The van der Waals surface area contributed by atoms with Gasteiger partial charge in [-0.1, -0.05) is 5.57 Å². The normalized spacial score (nSPS) is 18.3. The smallest absolute Gasteiger partial charge is 0.155 e. The molecule has 1 aliphatic rings. The van der Waals surface area contributed by atoms with Crippen LogP contribution >= 0.6 is 11.8 Å². The minimum absolute atomic E-state index is 0.317. The van der Waals surface area contributed by atoms with Gasteiger partial charge < -0.3 is 0 Å². The molecule has 1 fully saturated rings. The van der Waals surface area contributed by atoms with Crippen molar-refractivity contribution in [1.82, 2.24) is 0 Å². The van der Waals surface area contributed by atoms with Crippen molar-refractivity contribution in [3.05, 3.63) is 11.6 Å². The van der Waals surface area contributed by atoms with E-state index in [1.54, 1.807) is 6.08 Å². The van der Waals surface area contributed by atoms with Gasteiger partial charge in [0.1, 0.15) is 0 Å². The minimum Gasteiger partial charge on any atom is -0.295 e. The average molecular weight is 198 g/mol. The number of allylic oxidation sites excluding steroid dienone is 2. The van der Waals surface area contributed by atoms with E-state index in [0.29, 0.717) is 11.7 Å². The zero-order chi connectivity index (χ0) is 9.68. The number of hydrogen-bond donors (Lipinski definition) is 0. The second kappa shape index (κ2) is 5.48. The van der Waals surface area contributed by atoms with Gasteiger partial charge in [0.2, 0.25) is 0 Å². The van der Waals surface area contributed by atoms with Gasteiger partial charge in [-0.25, -0.2) is 0 Å². The molecule has 13 heavy (non-hydrogen) atoms. The molecular formula is C11H18OS. The molecule has 0 unspecified atom stereocenters. The molecule has 1 aliphatic heterocycles. The highest BCUT2D eigenvalue weighted by Gasteiger charge is 2.15. The van der Waals surface area contributed by atoms with Gasteiger partial charge in [-0.3, -0.25) is 4.79 Å². The molecule has 0 aromatic carbocycles. The number of rotatable bonds is 3. The summed E-state index contributed by atoms with van der Waals surface area (Å²) in [6.45, 7) is 3.96. The van der Waals surface area contributed by atoms with Crippen LogP contribution in [0.15, 0.2) is 11.6 Å². The Labute approximate surface area is 85.0 Å². The maximum absolute atomic E-state index is 11.4. The predicted molar refractivity (Wildman–Crippen MR) is 59.1 cm³/mol. The molecule has 1 nitrogen and oxygen atoms in total. The monoisotopic (exact) mass is 198 g/mol. The minimum atomic E-state index is 0.317. The second-order valence-electron chi connectivity index (χ2n) is 3.95. The van der Waals surface area contributed by atoms with Crippen LogP contribution < -0.4 is 0 Å². The van der Waals surface area contributed by atoms with Gasteiger partial charge in [0.25, 0.3) is 0 Å². The third kappa shape index (κ3) is 4.51. The van der Waals surface area contributed by atoms with E-state index < -0.39 is 0 Å². The molecule has 2 heteroatoms. The summed E-state index contributed by atoms with van der Waals surface area (Å²) in [5, 5.41) is 0. The van der Waals surface area contributed by atoms with E-state index in [-0.39, 0.29) is 0 Å². The second-order valence-corrected chi connectivity index (χ2v) is 5.17. The van der Waals surface area contributed by atoms with E-state index in [4.69, 9.17) is 0 Å². The molecule has 0 bridgehead atoms. The zero-order valence-electron chi connectivity index (χ0n) is 8.51. The maximum atomic E-state index is 11.4. The van der Waals surface area contributed by atoms with E-state index in [0.717, 1.165) is 12.0 Å². The van der Waals surface area contributed by atoms with Crippen LogP contribution in [0.5, 0.6) is 0 Å². The zero-order valence-corrected chi connectivity index (χ0v) is 9.32. The first kappa shape index (κ1) is 10.8. The molecule has 1 rings (SSSR count). The summed E-state index contributed by atoms with van der Waals surface area (Å²) in [5.41, 5.74) is 1.12. The maximum Gasteiger partial charge on any atom is 0.155 e. The molecule has 0 aromatic rings. The van der Waals surface area contributed by atoms with Crippen LogP contribution in [0.1, 0.15) is 33.1 Å². The highest BCUT2D eigenvalue weighted by molar-refractivity contribution is 7.99. The molecule has 0 aromatic heterocycles.